The second-order valence-corrected chi connectivity index (χ2v) is 7.25. The van der Waals surface area contributed by atoms with Crippen LogP contribution >= 0.6 is 35.7 Å². The Kier molecular flexibility index (Phi) is 11.3. The van der Waals surface area contributed by atoms with E-state index in [0.717, 1.165) is 35.5 Å². The van der Waals surface area contributed by atoms with Gasteiger partial charge in [0.2, 0.25) is 5.88 Å². The summed E-state index contributed by atoms with van der Waals surface area (Å²) in [6, 6.07) is 4.51. The summed E-state index contributed by atoms with van der Waals surface area (Å²) in [5, 5.41) is 7.70. The molecule has 1 saturated carbocycles. The quantitative estimate of drug-likeness (QED) is 0.258. The first kappa shape index (κ1) is 22.3. The van der Waals surface area contributed by atoms with Gasteiger partial charge in [0.25, 0.3) is 0 Å². The largest absolute Gasteiger partial charge is 0.477 e. The van der Waals surface area contributed by atoms with Crippen LogP contribution in [0.2, 0.25) is 0 Å². The predicted octanol–water partition coefficient (Wildman–Crippen LogP) is 3.83. The third-order valence-electron chi connectivity index (χ3n) is 4.32. The van der Waals surface area contributed by atoms with E-state index in [1.807, 2.05) is 30.9 Å². The Hall–Kier alpha value is -0.700. The first-order valence-corrected chi connectivity index (χ1v) is 10.1. The van der Waals surface area contributed by atoms with Crippen molar-refractivity contribution in [3.8, 4) is 5.88 Å². The van der Waals surface area contributed by atoms with Crippen molar-refractivity contribution in [3.63, 3.8) is 0 Å². The molecule has 0 radical (unpaired) electrons. The number of guanidine groups is 1. The molecule has 1 aliphatic rings. The van der Waals surface area contributed by atoms with E-state index in [4.69, 9.17) is 4.74 Å². The van der Waals surface area contributed by atoms with Gasteiger partial charge in [-0.15, -0.1) is 24.0 Å². The summed E-state index contributed by atoms with van der Waals surface area (Å²) >= 11 is 1.97. The summed E-state index contributed by atoms with van der Waals surface area (Å²) in [6.45, 7) is 3.53. The average molecular weight is 478 g/mol. The fraction of sp³-hybridized carbons (Fsp3) is 0.667. The van der Waals surface area contributed by atoms with Crippen LogP contribution in [0, 0.1) is 0 Å². The number of rotatable bonds is 8. The van der Waals surface area contributed by atoms with Crippen molar-refractivity contribution in [1.82, 2.24) is 15.6 Å². The average Bonchev–Trinajstić information content (AvgIpc) is 3.07. The summed E-state index contributed by atoms with van der Waals surface area (Å²) in [4.78, 5) is 8.70. The molecule has 25 heavy (non-hydrogen) atoms. The van der Waals surface area contributed by atoms with Crippen LogP contribution in [0.4, 0.5) is 0 Å². The monoisotopic (exact) mass is 478 g/mol. The number of halogens is 1. The van der Waals surface area contributed by atoms with Gasteiger partial charge in [0.05, 0.1) is 6.61 Å². The number of thioether (sulfide) groups is 1. The van der Waals surface area contributed by atoms with Gasteiger partial charge in [0, 0.05) is 36.6 Å². The summed E-state index contributed by atoms with van der Waals surface area (Å²) in [7, 11) is 1.82. The normalized spacial score (nSPS) is 20.0. The fourth-order valence-electron chi connectivity index (χ4n) is 2.85. The number of pyridine rings is 1. The number of ether oxygens (including phenoxy) is 1. The highest BCUT2D eigenvalue weighted by atomic mass is 127. The lowest BCUT2D eigenvalue weighted by Gasteiger charge is -2.18. The minimum Gasteiger partial charge on any atom is -0.477 e. The Morgan fingerprint density at radius 2 is 2.28 bits per heavy atom. The molecular weight excluding hydrogens is 447 g/mol. The second-order valence-electron chi connectivity index (χ2n) is 6.11. The van der Waals surface area contributed by atoms with E-state index >= 15 is 0 Å². The molecule has 0 aromatic carbocycles. The van der Waals surface area contributed by atoms with Crippen LogP contribution in [-0.4, -0.2) is 42.1 Å². The van der Waals surface area contributed by atoms with Crippen LogP contribution < -0.4 is 15.4 Å². The van der Waals surface area contributed by atoms with E-state index < -0.39 is 0 Å². The van der Waals surface area contributed by atoms with Crippen molar-refractivity contribution in [2.75, 3.05) is 19.9 Å². The third kappa shape index (κ3) is 7.60. The topological polar surface area (TPSA) is 58.5 Å². The van der Waals surface area contributed by atoms with E-state index in [1.54, 1.807) is 6.20 Å². The van der Waals surface area contributed by atoms with Crippen molar-refractivity contribution in [2.24, 2.45) is 4.99 Å². The van der Waals surface area contributed by atoms with Crippen molar-refractivity contribution >= 4 is 41.7 Å². The molecule has 2 N–H and O–H groups in total. The minimum atomic E-state index is 0. The molecule has 1 fully saturated rings. The van der Waals surface area contributed by atoms with Gasteiger partial charge in [-0.25, -0.2) is 4.98 Å². The van der Waals surface area contributed by atoms with Crippen molar-refractivity contribution < 1.29 is 4.74 Å². The van der Waals surface area contributed by atoms with Gasteiger partial charge in [-0.1, -0.05) is 19.4 Å². The number of nitrogens with zero attached hydrogens (tertiary/aromatic N) is 2. The van der Waals surface area contributed by atoms with Gasteiger partial charge in [0.1, 0.15) is 0 Å². The van der Waals surface area contributed by atoms with E-state index in [1.165, 1.54) is 19.3 Å². The molecule has 1 aromatic heterocycles. The molecule has 1 heterocycles. The van der Waals surface area contributed by atoms with Crippen molar-refractivity contribution in [1.29, 1.82) is 0 Å². The molecule has 1 aromatic rings. The predicted molar refractivity (Wildman–Crippen MR) is 118 cm³/mol. The number of aliphatic imine (C=N–C) groups is 1. The van der Waals surface area contributed by atoms with Crippen LogP contribution in [0.25, 0.3) is 0 Å². The summed E-state index contributed by atoms with van der Waals surface area (Å²) < 4.78 is 5.79. The number of nitrogens with one attached hydrogen (secondary N) is 2. The van der Waals surface area contributed by atoms with Gasteiger partial charge in [-0.3, -0.25) is 4.99 Å². The SMILES string of the molecule is CCCCOc1ncccc1CNC(=NC)NC1CCC(SC)C1.I. The van der Waals surface area contributed by atoms with Gasteiger partial charge in [-0.05, 0) is 38.0 Å². The highest BCUT2D eigenvalue weighted by molar-refractivity contribution is 14.0. The highest BCUT2D eigenvalue weighted by Gasteiger charge is 2.24. The van der Waals surface area contributed by atoms with Crippen molar-refractivity contribution in [3.05, 3.63) is 23.9 Å². The highest BCUT2D eigenvalue weighted by Crippen LogP contribution is 2.28. The fourth-order valence-corrected chi connectivity index (χ4v) is 3.65. The zero-order chi connectivity index (χ0) is 17.2. The number of hydrogen-bond acceptors (Lipinski definition) is 4. The molecule has 0 amide bonds. The maximum atomic E-state index is 5.79. The van der Waals surface area contributed by atoms with Crippen LogP contribution in [-0.2, 0) is 6.54 Å². The second kappa shape index (κ2) is 12.6. The maximum absolute atomic E-state index is 5.79. The molecular formula is C18H31IN4OS. The Morgan fingerprint density at radius 1 is 1.44 bits per heavy atom. The smallest absolute Gasteiger partial charge is 0.218 e. The van der Waals surface area contributed by atoms with Gasteiger partial charge in [0.15, 0.2) is 5.96 Å². The molecule has 0 saturated heterocycles. The molecule has 0 bridgehead atoms. The first-order valence-electron chi connectivity index (χ1n) is 8.83. The maximum Gasteiger partial charge on any atom is 0.218 e. The Labute approximate surface area is 173 Å². The van der Waals surface area contributed by atoms with Gasteiger partial charge in [-0.2, -0.15) is 11.8 Å². The van der Waals surface area contributed by atoms with E-state index in [0.29, 0.717) is 19.2 Å². The Morgan fingerprint density at radius 3 is 2.96 bits per heavy atom. The molecule has 0 aliphatic heterocycles. The van der Waals surface area contributed by atoms with E-state index in [-0.39, 0.29) is 24.0 Å². The van der Waals surface area contributed by atoms with Gasteiger partial charge >= 0.3 is 0 Å². The summed E-state index contributed by atoms with van der Waals surface area (Å²) in [5.74, 6) is 1.57. The lowest BCUT2D eigenvalue weighted by atomic mass is 10.2. The molecule has 5 nitrogen and oxygen atoms in total. The molecule has 2 atom stereocenters. The van der Waals surface area contributed by atoms with Crippen LogP contribution in [0.15, 0.2) is 23.3 Å². The first-order chi connectivity index (χ1) is 11.8. The van der Waals surface area contributed by atoms with E-state index in [2.05, 4.69) is 33.8 Å². The number of unbranched alkanes of at least 4 members (excludes halogenated alkanes) is 1. The Bertz CT molecular complexity index is 530. The summed E-state index contributed by atoms with van der Waals surface area (Å²) in [6.07, 6.45) is 9.85. The lowest BCUT2D eigenvalue weighted by Crippen LogP contribution is -2.42. The minimum absolute atomic E-state index is 0. The molecule has 1 aliphatic carbocycles. The number of hydrogen-bond donors (Lipinski definition) is 2. The molecule has 7 heteroatoms. The number of aromatic nitrogens is 1. The summed E-state index contributed by atoms with van der Waals surface area (Å²) in [5.41, 5.74) is 1.06. The standard InChI is InChI=1S/C18H30N4OS.HI/c1-4-5-11-23-17-14(7-6-10-20-17)13-21-18(19-2)22-15-8-9-16(12-15)24-3;/h6-7,10,15-16H,4-5,8-9,11-13H2,1-3H3,(H2,19,21,22);1H. The molecule has 0 spiro atoms. The van der Waals surface area contributed by atoms with Gasteiger partial charge < -0.3 is 15.4 Å². The zero-order valence-corrected chi connectivity index (χ0v) is 18.6. The lowest BCUT2D eigenvalue weighted by molar-refractivity contribution is 0.294. The molecule has 142 valence electrons. The van der Waals surface area contributed by atoms with Crippen LogP contribution in [0.3, 0.4) is 0 Å². The van der Waals surface area contributed by atoms with E-state index in [9.17, 15) is 0 Å². The Balaban J connectivity index is 0.00000312. The molecule has 2 rings (SSSR count). The van der Waals surface area contributed by atoms with Crippen LogP contribution in [0.5, 0.6) is 5.88 Å². The zero-order valence-electron chi connectivity index (χ0n) is 15.5. The molecule has 2 unspecified atom stereocenters. The van der Waals surface area contributed by atoms with Crippen LogP contribution in [0.1, 0.15) is 44.6 Å². The van der Waals surface area contributed by atoms with Crippen molar-refractivity contribution in [2.45, 2.75) is 56.9 Å². The third-order valence-corrected chi connectivity index (χ3v) is 5.41.